The molecule has 0 amide bonds. The van der Waals surface area contributed by atoms with E-state index in [1.165, 1.54) is 0 Å². The molecular formula is MnO4P2-2. The van der Waals surface area contributed by atoms with E-state index < -0.39 is 17.4 Å². The molecule has 0 unspecified atom stereocenters. The second-order valence-electron chi connectivity index (χ2n) is 0.149. The van der Waals surface area contributed by atoms with E-state index in [1.807, 2.05) is 0 Å². The zero-order valence-electron chi connectivity index (χ0n) is 2.91. The van der Waals surface area contributed by atoms with E-state index in [9.17, 15) is 0 Å². The van der Waals surface area contributed by atoms with Gasteiger partial charge in [0.15, 0.2) is 0 Å². The number of rotatable bonds is 0. The van der Waals surface area contributed by atoms with Crippen molar-refractivity contribution in [3.8, 4) is 0 Å². The fraction of sp³-hybridized carbons (Fsp3) is 0. The first-order valence-electron chi connectivity index (χ1n) is 0.730. The predicted octanol–water partition coefficient (Wildman–Crippen LogP) is -0.896. The molecule has 0 saturated heterocycles. The fourth-order valence-corrected chi connectivity index (χ4v) is 0. The number of hydrogen-bond acceptors (Lipinski definition) is 4. The zero-order chi connectivity index (χ0) is 5.41. The third-order valence-corrected chi connectivity index (χ3v) is 0. The maximum Gasteiger partial charge on any atom is 0.0642 e. The monoisotopic (exact) mass is 181 g/mol. The van der Waals surface area contributed by atoms with Crippen LogP contribution in [0.1, 0.15) is 0 Å². The normalized spacial score (nSPS) is 6.00. The summed E-state index contributed by atoms with van der Waals surface area (Å²) in [6.45, 7) is 0. The van der Waals surface area contributed by atoms with Crippen LogP contribution in [0.4, 0.5) is 0 Å². The minimum atomic E-state index is -1.08. The zero-order valence-corrected chi connectivity index (χ0v) is 5.87. The minimum absolute atomic E-state index is 0. The molecule has 0 bridgehead atoms. The largest absolute Gasteiger partial charge is 0.772 e. The van der Waals surface area contributed by atoms with Crippen LogP contribution in [0.3, 0.4) is 0 Å². The average Bonchev–Trinajstić information content (AvgIpc) is 1.39. The van der Waals surface area contributed by atoms with Crippen LogP contribution in [0, 0.1) is 0 Å². The smallest absolute Gasteiger partial charge is 0.0642 e. The molecule has 0 spiro atoms. The summed E-state index contributed by atoms with van der Waals surface area (Å²) in [4.78, 5) is 16.7. The molecule has 0 aromatic heterocycles. The van der Waals surface area contributed by atoms with Crippen LogP contribution in [0.5, 0.6) is 0 Å². The van der Waals surface area contributed by atoms with Crippen molar-refractivity contribution >= 4 is 17.4 Å². The molecule has 0 aromatic carbocycles. The van der Waals surface area contributed by atoms with E-state index in [4.69, 9.17) is 18.9 Å². The van der Waals surface area contributed by atoms with Crippen molar-refractivity contribution in [2.75, 3.05) is 0 Å². The van der Waals surface area contributed by atoms with Crippen molar-refractivity contribution in [3.63, 3.8) is 0 Å². The maximum atomic E-state index is 8.35. The maximum absolute atomic E-state index is 8.35. The van der Waals surface area contributed by atoms with Gasteiger partial charge in [-0.1, -0.05) is 0 Å². The third-order valence-electron chi connectivity index (χ3n) is 0. The Morgan fingerprint density at radius 1 is 1.00 bits per heavy atom. The molecule has 43 valence electrons. The van der Waals surface area contributed by atoms with Gasteiger partial charge in [0.05, 0.1) is 17.4 Å². The molecule has 0 aromatic rings. The molecule has 0 heterocycles. The van der Waals surface area contributed by atoms with Gasteiger partial charge in [-0.2, -0.15) is 0 Å². The van der Waals surface area contributed by atoms with Gasteiger partial charge in [0.1, 0.15) is 0 Å². The summed E-state index contributed by atoms with van der Waals surface area (Å²) in [5.74, 6) is 0. The molecule has 0 atom stereocenters. The standard InChI is InChI=1S/Mn.2HO2P/c;2*1-3-2/h;2*(H,1,2)/p-2. The van der Waals surface area contributed by atoms with Crippen molar-refractivity contribution < 1.29 is 36.0 Å². The van der Waals surface area contributed by atoms with Crippen LogP contribution in [0.25, 0.3) is 0 Å². The first-order chi connectivity index (χ1) is 2.83. The molecule has 0 aliphatic heterocycles. The van der Waals surface area contributed by atoms with Gasteiger partial charge in [-0.3, -0.25) is 9.13 Å². The van der Waals surface area contributed by atoms with Gasteiger partial charge < -0.3 is 9.79 Å². The Hall–Kier alpha value is 0.639. The summed E-state index contributed by atoms with van der Waals surface area (Å²) in [7, 11) is -2.17. The Labute approximate surface area is 54.0 Å². The summed E-state index contributed by atoms with van der Waals surface area (Å²) < 4.78 is 16.7. The summed E-state index contributed by atoms with van der Waals surface area (Å²) in [5, 5.41) is 0. The molecule has 1 radical (unpaired) electrons. The molecule has 0 saturated carbocycles. The molecule has 0 rings (SSSR count). The Morgan fingerprint density at radius 2 is 1.00 bits per heavy atom. The van der Waals surface area contributed by atoms with E-state index in [2.05, 4.69) is 0 Å². The van der Waals surface area contributed by atoms with E-state index >= 15 is 0 Å². The fourth-order valence-electron chi connectivity index (χ4n) is 0. The number of hydrogen-bond donors (Lipinski definition) is 0. The molecule has 0 aliphatic carbocycles. The van der Waals surface area contributed by atoms with E-state index in [0.29, 0.717) is 0 Å². The van der Waals surface area contributed by atoms with Crippen molar-refractivity contribution in [2.24, 2.45) is 0 Å². The van der Waals surface area contributed by atoms with Crippen LogP contribution in [0.2, 0.25) is 0 Å². The molecule has 4 nitrogen and oxygen atoms in total. The van der Waals surface area contributed by atoms with Gasteiger partial charge >= 0.3 is 0 Å². The van der Waals surface area contributed by atoms with Gasteiger partial charge in [0.2, 0.25) is 0 Å². The minimum Gasteiger partial charge on any atom is -0.772 e. The van der Waals surface area contributed by atoms with Crippen molar-refractivity contribution in [3.05, 3.63) is 0 Å². The molecule has 0 aliphatic rings. The summed E-state index contributed by atoms with van der Waals surface area (Å²) >= 11 is 0. The van der Waals surface area contributed by atoms with Crippen LogP contribution < -0.4 is 9.79 Å². The Balaban J connectivity index is -0.0000000400. The summed E-state index contributed by atoms with van der Waals surface area (Å²) in [6.07, 6.45) is 0. The van der Waals surface area contributed by atoms with Crippen LogP contribution in [-0.2, 0) is 26.2 Å². The third kappa shape index (κ3) is 349. The topological polar surface area (TPSA) is 80.3 Å². The Kier molecular flexibility index (Phi) is 67.7. The van der Waals surface area contributed by atoms with Gasteiger partial charge in [0, 0.05) is 17.1 Å². The first-order valence-corrected chi connectivity index (χ1v) is 2.19. The Morgan fingerprint density at radius 3 is 1.00 bits per heavy atom. The van der Waals surface area contributed by atoms with Crippen molar-refractivity contribution in [1.29, 1.82) is 0 Å². The average molecular weight is 181 g/mol. The molecular weight excluding hydrogens is 181 g/mol. The van der Waals surface area contributed by atoms with Gasteiger partial charge in [-0.25, -0.2) is 0 Å². The molecule has 0 fully saturated rings. The summed E-state index contributed by atoms with van der Waals surface area (Å²) in [5.41, 5.74) is 0. The van der Waals surface area contributed by atoms with Crippen molar-refractivity contribution in [1.82, 2.24) is 0 Å². The van der Waals surface area contributed by atoms with Gasteiger partial charge in [-0.15, -0.1) is 0 Å². The first kappa shape index (κ1) is 15.6. The van der Waals surface area contributed by atoms with Gasteiger partial charge in [0.25, 0.3) is 0 Å². The van der Waals surface area contributed by atoms with Crippen LogP contribution in [0.15, 0.2) is 0 Å². The molecule has 7 heteroatoms. The van der Waals surface area contributed by atoms with Crippen LogP contribution >= 0.6 is 17.4 Å². The van der Waals surface area contributed by atoms with Crippen LogP contribution in [-0.4, -0.2) is 0 Å². The van der Waals surface area contributed by atoms with E-state index in [0.717, 1.165) is 0 Å². The van der Waals surface area contributed by atoms with E-state index in [-0.39, 0.29) is 17.1 Å². The predicted molar refractivity (Wildman–Crippen MR) is 15.2 cm³/mol. The van der Waals surface area contributed by atoms with E-state index in [1.54, 1.807) is 0 Å². The van der Waals surface area contributed by atoms with Crippen molar-refractivity contribution in [2.45, 2.75) is 0 Å². The molecule has 7 heavy (non-hydrogen) atoms. The quantitative estimate of drug-likeness (QED) is 0.358. The second kappa shape index (κ2) is 30.3. The second-order valence-corrected chi connectivity index (χ2v) is 0.447. The molecule has 0 N–H and O–H groups in total. The van der Waals surface area contributed by atoms with Gasteiger partial charge in [-0.05, 0) is 0 Å². The summed E-state index contributed by atoms with van der Waals surface area (Å²) in [6, 6.07) is 0. The SMILES string of the molecule is O=P[O-].O=P[O-].[Mn]. The Bertz CT molecular complexity index is 30.7.